The van der Waals surface area contributed by atoms with Crippen LogP contribution in [0.5, 0.6) is 0 Å². The number of piperidine rings is 1. The lowest BCUT2D eigenvalue weighted by Crippen LogP contribution is -2.46. The highest BCUT2D eigenvalue weighted by Gasteiger charge is 2.27. The molecule has 0 aromatic rings. The molecular formula is C15H22N4O2S. The molecule has 1 N–H and O–H groups in total. The molecule has 7 heteroatoms. The van der Waals surface area contributed by atoms with Crippen LogP contribution in [0.1, 0.15) is 33.6 Å². The van der Waals surface area contributed by atoms with Crippen molar-refractivity contribution in [2.75, 3.05) is 19.3 Å². The molecule has 1 rings (SSSR count). The molecule has 0 aromatic carbocycles. The number of rotatable bonds is 3. The zero-order chi connectivity index (χ0) is 16.8. The monoisotopic (exact) mass is 322 g/mol. The van der Waals surface area contributed by atoms with Crippen molar-refractivity contribution >= 4 is 17.9 Å². The highest BCUT2D eigenvalue weighted by atomic mass is 32.2. The van der Waals surface area contributed by atoms with E-state index in [0.717, 1.165) is 12.8 Å². The first-order valence-corrected chi connectivity index (χ1v) is 8.36. The van der Waals surface area contributed by atoms with E-state index in [9.17, 15) is 4.79 Å². The number of nitrogens with one attached hydrogen (secondary N) is 1. The first kappa shape index (κ1) is 18.2. The first-order valence-electron chi connectivity index (χ1n) is 7.13. The third kappa shape index (κ3) is 5.50. The number of nitrogens with zero attached hydrogens (tertiary/aromatic N) is 3. The summed E-state index contributed by atoms with van der Waals surface area (Å²) >= 11 is 1.35. The minimum atomic E-state index is -0.491. The van der Waals surface area contributed by atoms with E-state index in [0.29, 0.717) is 18.1 Å². The molecule has 120 valence electrons. The molecule has 0 unspecified atom stereocenters. The third-order valence-corrected chi connectivity index (χ3v) is 3.87. The maximum Gasteiger partial charge on any atom is 0.410 e. The third-order valence-electron chi connectivity index (χ3n) is 3.14. The number of ether oxygens (including phenoxy) is 1. The van der Waals surface area contributed by atoms with Crippen LogP contribution in [0.25, 0.3) is 0 Å². The first-order chi connectivity index (χ1) is 10.3. The van der Waals surface area contributed by atoms with Crippen molar-refractivity contribution in [3.63, 3.8) is 0 Å². The average Bonchev–Trinajstić information content (AvgIpc) is 2.46. The molecule has 0 atom stereocenters. The minimum Gasteiger partial charge on any atom is -0.444 e. The maximum absolute atomic E-state index is 12.0. The van der Waals surface area contributed by atoms with E-state index in [4.69, 9.17) is 15.3 Å². The van der Waals surface area contributed by atoms with Gasteiger partial charge in [-0.25, -0.2) is 4.79 Å². The van der Waals surface area contributed by atoms with Crippen molar-refractivity contribution in [3.05, 3.63) is 10.6 Å². The van der Waals surface area contributed by atoms with Crippen molar-refractivity contribution in [1.29, 1.82) is 10.5 Å². The van der Waals surface area contributed by atoms with Gasteiger partial charge in [-0.2, -0.15) is 10.5 Å². The minimum absolute atomic E-state index is 0.0991. The van der Waals surface area contributed by atoms with Gasteiger partial charge in [-0.1, -0.05) is 0 Å². The summed E-state index contributed by atoms with van der Waals surface area (Å²) in [7, 11) is 0. The lowest BCUT2D eigenvalue weighted by Gasteiger charge is -2.34. The summed E-state index contributed by atoms with van der Waals surface area (Å²) in [5.74, 6) is 0. The van der Waals surface area contributed by atoms with Crippen LogP contribution in [0.4, 0.5) is 4.79 Å². The molecule has 0 bridgehead atoms. The Kier molecular flexibility index (Phi) is 6.58. The van der Waals surface area contributed by atoms with Gasteiger partial charge in [-0.05, 0) is 39.9 Å². The van der Waals surface area contributed by atoms with Gasteiger partial charge in [0.05, 0.1) is 5.03 Å². The summed E-state index contributed by atoms with van der Waals surface area (Å²) in [4.78, 5) is 13.7. The Morgan fingerprint density at radius 3 is 2.23 bits per heavy atom. The molecule has 1 saturated heterocycles. The molecule has 0 spiro atoms. The van der Waals surface area contributed by atoms with Gasteiger partial charge in [-0.15, -0.1) is 11.8 Å². The van der Waals surface area contributed by atoms with E-state index in [1.807, 2.05) is 39.2 Å². The summed E-state index contributed by atoms with van der Waals surface area (Å²) in [6, 6.07) is 3.94. The molecule has 0 saturated carbocycles. The molecule has 1 aliphatic heterocycles. The predicted octanol–water partition coefficient (Wildman–Crippen LogP) is 2.60. The summed E-state index contributed by atoms with van der Waals surface area (Å²) in [5.41, 5.74) is -0.392. The van der Waals surface area contributed by atoms with Crippen molar-refractivity contribution in [2.24, 2.45) is 0 Å². The van der Waals surface area contributed by atoms with Gasteiger partial charge in [0.15, 0.2) is 5.57 Å². The molecule has 1 amide bonds. The number of carbonyl (C=O) groups is 1. The van der Waals surface area contributed by atoms with Gasteiger partial charge in [0.2, 0.25) is 0 Å². The Morgan fingerprint density at radius 2 is 1.82 bits per heavy atom. The van der Waals surface area contributed by atoms with E-state index in [2.05, 4.69) is 5.32 Å². The quantitative estimate of drug-likeness (QED) is 0.803. The van der Waals surface area contributed by atoms with Crippen LogP contribution in [0.15, 0.2) is 10.6 Å². The largest absolute Gasteiger partial charge is 0.444 e. The highest BCUT2D eigenvalue weighted by Crippen LogP contribution is 2.19. The molecule has 22 heavy (non-hydrogen) atoms. The predicted molar refractivity (Wildman–Crippen MR) is 85.7 cm³/mol. The summed E-state index contributed by atoms with van der Waals surface area (Å²) in [6.45, 7) is 6.74. The topological polar surface area (TPSA) is 89.2 Å². The number of hydrogen-bond acceptors (Lipinski definition) is 6. The second-order valence-corrected chi connectivity index (χ2v) is 6.83. The fourth-order valence-corrected chi connectivity index (χ4v) is 2.66. The fourth-order valence-electron chi connectivity index (χ4n) is 2.08. The highest BCUT2D eigenvalue weighted by molar-refractivity contribution is 8.02. The van der Waals surface area contributed by atoms with Crippen LogP contribution in [0, 0.1) is 22.7 Å². The summed E-state index contributed by atoms with van der Waals surface area (Å²) in [5, 5.41) is 21.7. The number of thioether (sulfide) groups is 1. The van der Waals surface area contributed by atoms with Crippen molar-refractivity contribution < 1.29 is 9.53 Å². The van der Waals surface area contributed by atoms with Gasteiger partial charge in [0.25, 0.3) is 0 Å². The van der Waals surface area contributed by atoms with Crippen molar-refractivity contribution in [3.8, 4) is 12.1 Å². The number of amides is 1. The van der Waals surface area contributed by atoms with Crippen LogP contribution < -0.4 is 5.32 Å². The summed E-state index contributed by atoms with van der Waals surface area (Å²) in [6.07, 6.45) is 3.05. The number of carbonyl (C=O) groups excluding carboxylic acids is 1. The Morgan fingerprint density at radius 1 is 1.27 bits per heavy atom. The zero-order valence-electron chi connectivity index (χ0n) is 13.5. The number of hydrogen-bond donors (Lipinski definition) is 1. The van der Waals surface area contributed by atoms with Crippen LogP contribution >= 0.6 is 11.8 Å². The van der Waals surface area contributed by atoms with Crippen LogP contribution in [-0.2, 0) is 4.74 Å². The SMILES string of the molecule is CSC(NC1CCN(C(=O)OC(C)(C)C)CC1)=C(C#N)C#N. The Bertz CT molecular complexity index is 501. The average molecular weight is 322 g/mol. The van der Waals surface area contributed by atoms with Gasteiger partial charge in [-0.3, -0.25) is 0 Å². The smallest absolute Gasteiger partial charge is 0.410 e. The normalized spacial score (nSPS) is 15.5. The standard InChI is InChI=1S/C15H22N4O2S/c1-15(2,3)21-14(20)19-7-5-12(6-8-19)18-13(22-4)11(9-16)10-17/h12,18H,5-8H2,1-4H3. The molecule has 0 aliphatic carbocycles. The van der Waals surface area contributed by atoms with Crippen molar-refractivity contribution in [2.45, 2.75) is 45.3 Å². The number of nitriles is 2. The van der Waals surface area contributed by atoms with Crippen LogP contribution in [-0.4, -0.2) is 42.0 Å². The van der Waals surface area contributed by atoms with Crippen LogP contribution in [0.3, 0.4) is 0 Å². The lowest BCUT2D eigenvalue weighted by molar-refractivity contribution is 0.0201. The Labute approximate surface area is 136 Å². The van der Waals surface area contributed by atoms with Gasteiger partial charge in [0.1, 0.15) is 17.7 Å². The maximum atomic E-state index is 12.0. The Hall–Kier alpha value is -1.86. The number of allylic oxidation sites excluding steroid dienone is 1. The molecule has 6 nitrogen and oxygen atoms in total. The van der Waals surface area contributed by atoms with Gasteiger partial charge >= 0.3 is 6.09 Å². The van der Waals surface area contributed by atoms with E-state index < -0.39 is 5.60 Å². The van der Waals surface area contributed by atoms with Gasteiger partial charge in [0, 0.05) is 19.1 Å². The van der Waals surface area contributed by atoms with E-state index in [1.165, 1.54) is 11.8 Å². The molecule has 0 radical (unpaired) electrons. The van der Waals surface area contributed by atoms with E-state index in [1.54, 1.807) is 4.90 Å². The second-order valence-electron chi connectivity index (χ2n) is 6.02. The molecule has 1 fully saturated rings. The molecule has 1 aliphatic rings. The fraction of sp³-hybridized carbons (Fsp3) is 0.667. The Balaban J connectivity index is 2.56. The lowest BCUT2D eigenvalue weighted by atomic mass is 10.1. The van der Waals surface area contributed by atoms with Crippen molar-refractivity contribution in [1.82, 2.24) is 10.2 Å². The second kappa shape index (κ2) is 7.95. The molecule has 0 aromatic heterocycles. The van der Waals surface area contributed by atoms with E-state index >= 15 is 0 Å². The van der Waals surface area contributed by atoms with Crippen LogP contribution in [0.2, 0.25) is 0 Å². The molecule has 1 heterocycles. The summed E-state index contributed by atoms with van der Waals surface area (Å²) < 4.78 is 5.35. The molecular weight excluding hydrogens is 300 g/mol. The zero-order valence-corrected chi connectivity index (χ0v) is 14.3. The van der Waals surface area contributed by atoms with E-state index in [-0.39, 0.29) is 17.7 Å². The van der Waals surface area contributed by atoms with Gasteiger partial charge < -0.3 is 15.0 Å². The number of likely N-dealkylation sites (tertiary alicyclic amines) is 1.